The fourth-order valence-corrected chi connectivity index (χ4v) is 9.65. The maximum absolute atomic E-state index is 5.27. The largest absolute Gasteiger partial charge is 0.309 e. The van der Waals surface area contributed by atoms with E-state index in [2.05, 4.69) is 173 Å². The second kappa shape index (κ2) is 11.8. The number of hydrogen-bond acceptors (Lipinski definition) is 2. The Morgan fingerprint density at radius 2 is 0.897 bits per heavy atom. The van der Waals surface area contributed by atoms with Crippen LogP contribution in [-0.2, 0) is 0 Å². The van der Waals surface area contributed by atoms with Crippen LogP contribution in [0.3, 0.4) is 0 Å². The Bertz CT molecular complexity index is 3780. The highest BCUT2D eigenvalue weighted by molar-refractivity contribution is 6.27. The molecule has 4 aromatic heterocycles. The average Bonchev–Trinajstić information content (AvgIpc) is 3.80. The van der Waals surface area contributed by atoms with Gasteiger partial charge >= 0.3 is 0 Å². The van der Waals surface area contributed by atoms with E-state index in [9.17, 15) is 0 Å². The van der Waals surface area contributed by atoms with E-state index in [0.717, 1.165) is 50.3 Å². The molecule has 0 atom stereocenters. The molecule has 0 saturated heterocycles. The number of rotatable bonds is 4. The molecule has 13 aromatic rings. The van der Waals surface area contributed by atoms with Crippen LogP contribution in [0.1, 0.15) is 0 Å². The average molecular weight is 737 g/mol. The third-order valence-electron chi connectivity index (χ3n) is 12.2. The van der Waals surface area contributed by atoms with Crippen LogP contribution in [0.4, 0.5) is 0 Å². The van der Waals surface area contributed by atoms with Gasteiger partial charge in [0.2, 0.25) is 0 Å². The number of para-hydroxylation sites is 4. The monoisotopic (exact) mass is 736 g/mol. The van der Waals surface area contributed by atoms with Crippen LogP contribution in [0.15, 0.2) is 194 Å². The van der Waals surface area contributed by atoms with E-state index in [0.29, 0.717) is 0 Å². The summed E-state index contributed by atoms with van der Waals surface area (Å²) in [4.78, 5) is 10.5. The van der Waals surface area contributed by atoms with Crippen LogP contribution in [0.25, 0.3) is 121 Å². The quantitative estimate of drug-likeness (QED) is 0.133. The van der Waals surface area contributed by atoms with Crippen molar-refractivity contribution in [3.05, 3.63) is 194 Å². The molecule has 0 N–H and O–H groups in total. The maximum atomic E-state index is 5.27. The number of benzene rings is 9. The van der Waals surface area contributed by atoms with E-state index in [4.69, 9.17) is 9.97 Å². The van der Waals surface area contributed by atoms with Crippen molar-refractivity contribution in [1.82, 2.24) is 18.9 Å². The predicted molar refractivity (Wildman–Crippen MR) is 242 cm³/mol. The Morgan fingerprint density at radius 3 is 1.66 bits per heavy atom. The van der Waals surface area contributed by atoms with Gasteiger partial charge in [-0.25, -0.2) is 9.97 Å². The van der Waals surface area contributed by atoms with Gasteiger partial charge in [-0.3, -0.25) is 0 Å². The highest BCUT2D eigenvalue weighted by Gasteiger charge is 2.20. The third kappa shape index (κ3) is 4.40. The van der Waals surface area contributed by atoms with Crippen molar-refractivity contribution in [3.8, 4) is 39.3 Å². The molecular weight excluding hydrogens is 705 g/mol. The highest BCUT2D eigenvalue weighted by Crippen LogP contribution is 2.43. The van der Waals surface area contributed by atoms with Crippen molar-refractivity contribution in [2.45, 2.75) is 0 Å². The molecule has 0 aliphatic carbocycles. The first-order valence-corrected chi connectivity index (χ1v) is 19.8. The third-order valence-corrected chi connectivity index (χ3v) is 12.2. The second-order valence-electron chi connectivity index (χ2n) is 15.4. The molecule has 4 heteroatoms. The SMILES string of the molecule is c1ccc(-c2nc3ccccc3nc2-c2ccc3c(c2)c2cc(-c4ccc5c6cccc7c8cccc9cccc(c98)n(c5c4)c76)ccc2n3-c2ccccc2)cc1. The normalized spacial score (nSPS) is 12.1. The molecule has 268 valence electrons. The lowest BCUT2D eigenvalue weighted by molar-refractivity contribution is 1.18. The second-order valence-corrected chi connectivity index (χ2v) is 15.4. The molecule has 0 bridgehead atoms. The van der Waals surface area contributed by atoms with Crippen LogP contribution in [0.5, 0.6) is 0 Å². The van der Waals surface area contributed by atoms with E-state index < -0.39 is 0 Å². The van der Waals surface area contributed by atoms with E-state index in [1.165, 1.54) is 70.8 Å². The Labute approximate surface area is 332 Å². The van der Waals surface area contributed by atoms with Gasteiger partial charge in [0.05, 0.1) is 50.0 Å². The molecule has 0 spiro atoms. The summed E-state index contributed by atoms with van der Waals surface area (Å²) in [6, 6.07) is 70.1. The number of nitrogens with zero attached hydrogens (tertiary/aromatic N) is 4. The first kappa shape index (κ1) is 31.4. The van der Waals surface area contributed by atoms with Gasteiger partial charge < -0.3 is 8.97 Å². The summed E-state index contributed by atoms with van der Waals surface area (Å²) in [6.07, 6.45) is 0. The molecule has 0 aliphatic heterocycles. The fraction of sp³-hybridized carbons (Fsp3) is 0. The molecule has 58 heavy (non-hydrogen) atoms. The Balaban J connectivity index is 1.07. The molecule has 4 heterocycles. The fourth-order valence-electron chi connectivity index (χ4n) is 9.65. The van der Waals surface area contributed by atoms with Gasteiger partial charge in [-0.05, 0) is 82.6 Å². The zero-order chi connectivity index (χ0) is 37.9. The van der Waals surface area contributed by atoms with Crippen LogP contribution in [-0.4, -0.2) is 18.9 Å². The predicted octanol–water partition coefficient (Wildman–Crippen LogP) is 14.0. The number of pyridine rings is 1. The lowest BCUT2D eigenvalue weighted by atomic mass is 9.99. The number of fused-ring (bicyclic) bond motifs is 9. The van der Waals surface area contributed by atoms with Gasteiger partial charge in [-0.2, -0.15) is 0 Å². The van der Waals surface area contributed by atoms with Crippen molar-refractivity contribution in [1.29, 1.82) is 0 Å². The van der Waals surface area contributed by atoms with Gasteiger partial charge in [0.15, 0.2) is 0 Å². The first-order valence-electron chi connectivity index (χ1n) is 19.8. The van der Waals surface area contributed by atoms with Crippen molar-refractivity contribution in [3.63, 3.8) is 0 Å². The molecule has 0 radical (unpaired) electrons. The van der Waals surface area contributed by atoms with Gasteiger partial charge in [-0.15, -0.1) is 0 Å². The summed E-state index contributed by atoms with van der Waals surface area (Å²) in [5, 5.41) is 10.1. The van der Waals surface area contributed by atoms with E-state index in [1.807, 2.05) is 30.3 Å². The number of hydrogen-bond donors (Lipinski definition) is 0. The Hall–Kier alpha value is -7.82. The highest BCUT2D eigenvalue weighted by atomic mass is 15.0. The van der Waals surface area contributed by atoms with Crippen molar-refractivity contribution >= 4 is 81.7 Å². The lowest BCUT2D eigenvalue weighted by Crippen LogP contribution is -1.96. The minimum atomic E-state index is 0.874. The van der Waals surface area contributed by atoms with Crippen molar-refractivity contribution < 1.29 is 0 Å². The molecule has 0 unspecified atom stereocenters. The molecule has 4 nitrogen and oxygen atoms in total. The number of aromatic nitrogens is 4. The molecule has 0 fully saturated rings. The summed E-state index contributed by atoms with van der Waals surface area (Å²) in [5.74, 6) is 0. The smallest absolute Gasteiger partial charge is 0.0973 e. The van der Waals surface area contributed by atoms with Crippen LogP contribution in [0.2, 0.25) is 0 Å². The lowest BCUT2D eigenvalue weighted by Gasteiger charge is -2.13. The van der Waals surface area contributed by atoms with E-state index in [1.54, 1.807) is 0 Å². The van der Waals surface area contributed by atoms with E-state index in [-0.39, 0.29) is 0 Å². The minimum absolute atomic E-state index is 0.874. The van der Waals surface area contributed by atoms with Gasteiger partial charge in [0.1, 0.15) is 0 Å². The zero-order valence-corrected chi connectivity index (χ0v) is 31.3. The van der Waals surface area contributed by atoms with Crippen LogP contribution in [0, 0.1) is 0 Å². The molecule has 9 aromatic carbocycles. The summed E-state index contributed by atoms with van der Waals surface area (Å²) in [5.41, 5.74) is 15.1. The van der Waals surface area contributed by atoms with Crippen molar-refractivity contribution in [2.24, 2.45) is 0 Å². The zero-order valence-electron chi connectivity index (χ0n) is 31.3. The standard InChI is InChI=1S/C54H32N4/c1-3-12-34(13-4-1)52-53(56-46-22-8-7-21-45(46)55-52)37-26-29-48-44(31-37)43-30-35(25-28-47(43)57(48)38-16-5-2-6-17-38)36-24-27-39-41-19-11-20-42-40-18-9-14-33-15-10-23-49(51(33)40)58(54(41)42)50(39)32-36/h1-32H. The Kier molecular flexibility index (Phi) is 6.41. The van der Waals surface area contributed by atoms with Crippen LogP contribution < -0.4 is 0 Å². The summed E-state index contributed by atoms with van der Waals surface area (Å²) in [6.45, 7) is 0. The minimum Gasteiger partial charge on any atom is -0.309 e. The molecule has 13 rings (SSSR count). The molecule has 0 aliphatic rings. The summed E-state index contributed by atoms with van der Waals surface area (Å²) in [7, 11) is 0. The van der Waals surface area contributed by atoms with Gasteiger partial charge in [-0.1, -0.05) is 133 Å². The van der Waals surface area contributed by atoms with Gasteiger partial charge in [0.25, 0.3) is 0 Å². The van der Waals surface area contributed by atoms with Crippen molar-refractivity contribution in [2.75, 3.05) is 0 Å². The van der Waals surface area contributed by atoms with E-state index >= 15 is 0 Å². The summed E-state index contributed by atoms with van der Waals surface area (Å²) < 4.78 is 4.88. The molecule has 0 amide bonds. The first-order chi connectivity index (χ1) is 28.8. The van der Waals surface area contributed by atoms with Crippen LogP contribution >= 0.6 is 0 Å². The maximum Gasteiger partial charge on any atom is 0.0973 e. The van der Waals surface area contributed by atoms with Gasteiger partial charge in [0, 0.05) is 49.1 Å². The Morgan fingerprint density at radius 1 is 0.328 bits per heavy atom. The summed E-state index contributed by atoms with van der Waals surface area (Å²) >= 11 is 0. The molecular formula is C54H32N4. The molecule has 0 saturated carbocycles. The topological polar surface area (TPSA) is 35.1 Å².